The summed E-state index contributed by atoms with van der Waals surface area (Å²) in [5, 5.41) is 11.2. The van der Waals surface area contributed by atoms with Crippen LogP contribution in [-0.4, -0.2) is 37.5 Å². The third-order valence-corrected chi connectivity index (χ3v) is 4.25. The van der Waals surface area contributed by atoms with Gasteiger partial charge in [-0.15, -0.1) is 0 Å². The molecule has 1 aliphatic rings. The molecule has 0 aromatic heterocycles. The van der Waals surface area contributed by atoms with E-state index < -0.39 is 6.10 Å². The SMILES string of the molecule is OC(COc1c(Cl)cc(Cl)cc1Cl)C[NH+]1CCCCC1. The molecule has 112 valence electrons. The number of aliphatic hydroxyl groups excluding tert-OH is 1. The quantitative estimate of drug-likeness (QED) is 0.864. The molecule has 0 amide bonds. The standard InChI is InChI=1S/C14H18Cl3NO2/c15-10-6-12(16)14(13(17)7-10)20-9-11(19)8-18-4-2-1-3-5-18/h6-7,11,19H,1-5,8-9H2/p+1. The summed E-state index contributed by atoms with van der Waals surface area (Å²) in [6, 6.07) is 3.15. The van der Waals surface area contributed by atoms with Gasteiger partial charge in [-0.1, -0.05) is 34.8 Å². The summed E-state index contributed by atoms with van der Waals surface area (Å²) < 4.78 is 5.54. The summed E-state index contributed by atoms with van der Waals surface area (Å²) >= 11 is 17.9. The number of likely N-dealkylation sites (tertiary alicyclic amines) is 1. The van der Waals surface area contributed by atoms with Crippen molar-refractivity contribution in [1.82, 2.24) is 0 Å². The molecule has 0 spiro atoms. The largest absolute Gasteiger partial charge is 0.488 e. The number of hydrogen-bond donors (Lipinski definition) is 2. The van der Waals surface area contributed by atoms with E-state index in [4.69, 9.17) is 39.5 Å². The predicted molar refractivity (Wildman–Crippen MR) is 82.4 cm³/mol. The number of ether oxygens (including phenoxy) is 1. The third-order valence-electron chi connectivity index (χ3n) is 3.47. The van der Waals surface area contributed by atoms with Crippen LogP contribution < -0.4 is 9.64 Å². The number of aliphatic hydroxyl groups is 1. The van der Waals surface area contributed by atoms with E-state index in [1.807, 2.05) is 0 Å². The van der Waals surface area contributed by atoms with Gasteiger partial charge in [-0.2, -0.15) is 0 Å². The van der Waals surface area contributed by atoms with Crippen molar-refractivity contribution in [2.45, 2.75) is 25.4 Å². The van der Waals surface area contributed by atoms with Gasteiger partial charge in [0, 0.05) is 5.02 Å². The zero-order valence-electron chi connectivity index (χ0n) is 11.2. The van der Waals surface area contributed by atoms with E-state index in [0.717, 1.165) is 13.1 Å². The van der Waals surface area contributed by atoms with E-state index in [1.54, 1.807) is 12.1 Å². The molecule has 6 heteroatoms. The first-order valence-electron chi connectivity index (χ1n) is 6.85. The van der Waals surface area contributed by atoms with E-state index in [1.165, 1.54) is 24.2 Å². The zero-order valence-corrected chi connectivity index (χ0v) is 13.4. The molecular weight excluding hydrogens is 321 g/mol. The molecule has 2 rings (SSSR count). The lowest BCUT2D eigenvalue weighted by molar-refractivity contribution is -0.908. The van der Waals surface area contributed by atoms with Crippen LogP contribution in [0.2, 0.25) is 15.1 Å². The molecule has 0 aliphatic carbocycles. The van der Waals surface area contributed by atoms with Crippen molar-refractivity contribution in [3.8, 4) is 5.75 Å². The fourth-order valence-electron chi connectivity index (χ4n) is 2.49. The second-order valence-electron chi connectivity index (χ2n) is 5.18. The van der Waals surface area contributed by atoms with Crippen LogP contribution >= 0.6 is 34.8 Å². The van der Waals surface area contributed by atoms with Crippen LogP contribution in [0.3, 0.4) is 0 Å². The Labute approximate surface area is 134 Å². The van der Waals surface area contributed by atoms with E-state index in [2.05, 4.69) is 0 Å². The van der Waals surface area contributed by atoms with Gasteiger partial charge in [0.15, 0.2) is 5.75 Å². The first kappa shape index (κ1) is 16.2. The van der Waals surface area contributed by atoms with Gasteiger partial charge in [0.2, 0.25) is 0 Å². The van der Waals surface area contributed by atoms with Crippen molar-refractivity contribution in [3.05, 3.63) is 27.2 Å². The Morgan fingerprint density at radius 3 is 2.30 bits per heavy atom. The van der Waals surface area contributed by atoms with Gasteiger partial charge in [0.1, 0.15) is 19.3 Å². The first-order chi connectivity index (χ1) is 9.56. The maximum atomic E-state index is 10.0. The summed E-state index contributed by atoms with van der Waals surface area (Å²) in [4.78, 5) is 1.43. The molecule has 0 radical (unpaired) electrons. The Bertz CT molecular complexity index is 427. The molecule has 1 aliphatic heterocycles. The van der Waals surface area contributed by atoms with Crippen LogP contribution in [-0.2, 0) is 0 Å². The summed E-state index contributed by atoms with van der Waals surface area (Å²) in [5.41, 5.74) is 0. The fraction of sp³-hybridized carbons (Fsp3) is 0.571. The van der Waals surface area contributed by atoms with Crippen molar-refractivity contribution in [2.75, 3.05) is 26.2 Å². The van der Waals surface area contributed by atoms with Crippen molar-refractivity contribution in [3.63, 3.8) is 0 Å². The van der Waals surface area contributed by atoms with Crippen LogP contribution in [0.15, 0.2) is 12.1 Å². The maximum absolute atomic E-state index is 10.0. The number of piperidine rings is 1. The van der Waals surface area contributed by atoms with E-state index in [-0.39, 0.29) is 6.61 Å². The van der Waals surface area contributed by atoms with Crippen molar-refractivity contribution in [1.29, 1.82) is 0 Å². The summed E-state index contributed by atoms with van der Waals surface area (Å²) in [6.07, 6.45) is 3.24. The second-order valence-corrected chi connectivity index (χ2v) is 6.43. The van der Waals surface area contributed by atoms with Gasteiger partial charge >= 0.3 is 0 Å². The fourth-order valence-corrected chi connectivity index (χ4v) is 3.42. The van der Waals surface area contributed by atoms with E-state index in [0.29, 0.717) is 27.4 Å². The number of nitrogens with one attached hydrogen (secondary N) is 1. The Morgan fingerprint density at radius 1 is 1.10 bits per heavy atom. The second kappa shape index (κ2) is 7.71. The maximum Gasteiger partial charge on any atom is 0.156 e. The molecule has 1 aromatic rings. The minimum atomic E-state index is -0.522. The highest BCUT2D eigenvalue weighted by Crippen LogP contribution is 2.35. The van der Waals surface area contributed by atoms with Crippen molar-refractivity contribution >= 4 is 34.8 Å². The van der Waals surface area contributed by atoms with Crippen LogP contribution in [0.4, 0.5) is 0 Å². The Kier molecular flexibility index (Phi) is 6.24. The monoisotopic (exact) mass is 338 g/mol. The highest BCUT2D eigenvalue weighted by molar-refractivity contribution is 6.40. The molecule has 20 heavy (non-hydrogen) atoms. The molecular formula is C14H19Cl3NO2+. The van der Waals surface area contributed by atoms with Crippen molar-refractivity contribution < 1.29 is 14.7 Å². The normalized spacial score (nSPS) is 18.0. The van der Waals surface area contributed by atoms with Crippen LogP contribution in [0, 0.1) is 0 Å². The number of benzene rings is 1. The van der Waals surface area contributed by atoms with Gasteiger partial charge in [0.05, 0.1) is 23.1 Å². The number of rotatable bonds is 5. The Balaban J connectivity index is 1.85. The predicted octanol–water partition coefficient (Wildman–Crippen LogP) is 2.46. The van der Waals surface area contributed by atoms with Gasteiger partial charge < -0.3 is 14.7 Å². The molecule has 1 fully saturated rings. The first-order valence-corrected chi connectivity index (χ1v) is 7.98. The molecule has 1 saturated heterocycles. The summed E-state index contributed by atoms with van der Waals surface area (Å²) in [6.45, 7) is 3.13. The molecule has 1 aromatic carbocycles. The molecule has 1 atom stereocenters. The highest BCUT2D eigenvalue weighted by atomic mass is 35.5. The number of halogens is 3. The lowest BCUT2D eigenvalue weighted by Crippen LogP contribution is -3.14. The van der Waals surface area contributed by atoms with Crippen LogP contribution in [0.1, 0.15) is 19.3 Å². The molecule has 1 unspecified atom stereocenters. The average molecular weight is 340 g/mol. The zero-order chi connectivity index (χ0) is 14.5. The minimum absolute atomic E-state index is 0.185. The van der Waals surface area contributed by atoms with E-state index in [9.17, 15) is 5.11 Å². The third kappa shape index (κ3) is 4.68. The van der Waals surface area contributed by atoms with Crippen molar-refractivity contribution in [2.24, 2.45) is 0 Å². The van der Waals surface area contributed by atoms with E-state index >= 15 is 0 Å². The minimum Gasteiger partial charge on any atom is -0.488 e. The highest BCUT2D eigenvalue weighted by Gasteiger charge is 2.19. The Morgan fingerprint density at radius 2 is 1.70 bits per heavy atom. The number of hydrogen-bond acceptors (Lipinski definition) is 2. The molecule has 1 heterocycles. The van der Waals surface area contributed by atoms with Crippen LogP contribution in [0.25, 0.3) is 0 Å². The van der Waals surface area contributed by atoms with Crippen LogP contribution in [0.5, 0.6) is 5.75 Å². The molecule has 0 saturated carbocycles. The van der Waals surface area contributed by atoms with Gasteiger partial charge in [0.25, 0.3) is 0 Å². The summed E-state index contributed by atoms with van der Waals surface area (Å²) in [5.74, 6) is 0.380. The topological polar surface area (TPSA) is 33.9 Å². The lowest BCUT2D eigenvalue weighted by atomic mass is 10.1. The molecule has 3 nitrogen and oxygen atoms in total. The van der Waals surface area contributed by atoms with Gasteiger partial charge in [-0.05, 0) is 31.4 Å². The average Bonchev–Trinajstić information content (AvgIpc) is 2.38. The lowest BCUT2D eigenvalue weighted by Gasteiger charge is -2.25. The van der Waals surface area contributed by atoms with Gasteiger partial charge in [-0.3, -0.25) is 0 Å². The Hall–Kier alpha value is -0.190. The summed E-state index contributed by atoms with van der Waals surface area (Å²) in [7, 11) is 0. The molecule has 0 bridgehead atoms. The smallest absolute Gasteiger partial charge is 0.156 e. The molecule has 2 N–H and O–H groups in total. The van der Waals surface area contributed by atoms with Gasteiger partial charge in [-0.25, -0.2) is 0 Å². The number of quaternary nitrogens is 1.